The minimum absolute atomic E-state index is 0.0116. The molecular weight excluding hydrogens is 234 g/mol. The number of nitrogens with one attached hydrogen (secondary N) is 1. The molecule has 0 aliphatic rings. The van der Waals surface area contributed by atoms with Gasteiger partial charge in [0, 0.05) is 5.69 Å². The number of nitrogen functional groups attached to an aromatic ring is 1. The van der Waals surface area contributed by atoms with Gasteiger partial charge in [0.05, 0.1) is 16.1 Å². The van der Waals surface area contributed by atoms with Gasteiger partial charge in [-0.1, -0.05) is 11.6 Å². The Morgan fingerprint density at radius 1 is 1.47 bits per heavy atom. The van der Waals surface area contributed by atoms with Crippen molar-refractivity contribution in [1.29, 1.82) is 0 Å². The summed E-state index contributed by atoms with van der Waals surface area (Å²) in [5.41, 5.74) is 6.91. The quantitative estimate of drug-likeness (QED) is 0.707. The first kappa shape index (κ1) is 10.1. The molecular formula is C9H8ClN3OS. The largest absolute Gasteiger partial charge is 0.493 e. The summed E-state index contributed by atoms with van der Waals surface area (Å²) in [4.78, 5) is 3.84. The van der Waals surface area contributed by atoms with E-state index in [1.54, 1.807) is 18.2 Å². The summed E-state index contributed by atoms with van der Waals surface area (Å²) in [5.74, 6) is -0.0116. The second kappa shape index (κ2) is 3.96. The molecule has 0 radical (unpaired) electrons. The summed E-state index contributed by atoms with van der Waals surface area (Å²) < 4.78 is 0. The van der Waals surface area contributed by atoms with Gasteiger partial charge in [0.2, 0.25) is 5.88 Å². The second-order valence-electron chi connectivity index (χ2n) is 2.88. The molecule has 78 valence electrons. The first-order valence-corrected chi connectivity index (χ1v) is 5.37. The van der Waals surface area contributed by atoms with Gasteiger partial charge >= 0.3 is 0 Å². The van der Waals surface area contributed by atoms with Gasteiger partial charge < -0.3 is 16.2 Å². The second-order valence-corrected chi connectivity index (χ2v) is 4.14. The highest BCUT2D eigenvalue weighted by Gasteiger charge is 2.04. The zero-order chi connectivity index (χ0) is 10.8. The Morgan fingerprint density at radius 2 is 2.27 bits per heavy atom. The lowest BCUT2D eigenvalue weighted by atomic mass is 10.3. The Labute approximate surface area is 95.3 Å². The number of benzene rings is 1. The van der Waals surface area contributed by atoms with Crippen molar-refractivity contribution in [3.05, 3.63) is 28.6 Å². The van der Waals surface area contributed by atoms with Crippen molar-refractivity contribution in [3.8, 4) is 5.88 Å². The molecule has 0 amide bonds. The Hall–Kier alpha value is -1.46. The summed E-state index contributed by atoms with van der Waals surface area (Å²) in [7, 11) is 0. The van der Waals surface area contributed by atoms with Crippen molar-refractivity contribution in [1.82, 2.24) is 4.98 Å². The number of nitrogens with zero attached hydrogens (tertiary/aromatic N) is 1. The van der Waals surface area contributed by atoms with Crippen molar-refractivity contribution in [3.63, 3.8) is 0 Å². The lowest BCUT2D eigenvalue weighted by Crippen LogP contribution is -1.92. The highest BCUT2D eigenvalue weighted by atomic mass is 35.5. The number of anilines is 3. The lowest BCUT2D eigenvalue weighted by molar-refractivity contribution is 0.458. The van der Waals surface area contributed by atoms with Gasteiger partial charge in [0.1, 0.15) is 0 Å². The number of aromatic nitrogens is 1. The van der Waals surface area contributed by atoms with Gasteiger partial charge in [-0.05, 0) is 18.2 Å². The van der Waals surface area contributed by atoms with Crippen LogP contribution in [0.3, 0.4) is 0 Å². The van der Waals surface area contributed by atoms with Crippen LogP contribution >= 0.6 is 22.9 Å². The van der Waals surface area contributed by atoms with Gasteiger partial charge in [0.25, 0.3) is 0 Å². The van der Waals surface area contributed by atoms with Crippen LogP contribution in [-0.2, 0) is 0 Å². The van der Waals surface area contributed by atoms with Crippen molar-refractivity contribution in [2.24, 2.45) is 0 Å². The highest BCUT2D eigenvalue weighted by molar-refractivity contribution is 7.14. The van der Waals surface area contributed by atoms with Crippen LogP contribution in [0.2, 0.25) is 5.02 Å². The zero-order valence-corrected chi connectivity index (χ0v) is 9.14. The minimum atomic E-state index is -0.0116. The number of halogens is 1. The third-order valence-electron chi connectivity index (χ3n) is 1.72. The Balaban J connectivity index is 2.27. The molecule has 0 bridgehead atoms. The molecule has 1 aromatic carbocycles. The number of aromatic hydroxyl groups is 1. The van der Waals surface area contributed by atoms with Crippen LogP contribution in [0, 0.1) is 0 Å². The van der Waals surface area contributed by atoms with E-state index in [4.69, 9.17) is 22.4 Å². The molecule has 6 heteroatoms. The van der Waals surface area contributed by atoms with Crippen molar-refractivity contribution < 1.29 is 5.11 Å². The molecule has 2 aromatic rings. The van der Waals surface area contributed by atoms with E-state index in [0.29, 0.717) is 21.5 Å². The van der Waals surface area contributed by atoms with Crippen molar-refractivity contribution >= 4 is 39.4 Å². The average molecular weight is 242 g/mol. The number of nitrogens with two attached hydrogens (primary N) is 1. The van der Waals surface area contributed by atoms with E-state index < -0.39 is 0 Å². The van der Waals surface area contributed by atoms with E-state index in [2.05, 4.69) is 10.3 Å². The molecule has 15 heavy (non-hydrogen) atoms. The molecule has 0 saturated carbocycles. The van der Waals surface area contributed by atoms with Gasteiger partial charge in [-0.2, -0.15) is 4.98 Å². The minimum Gasteiger partial charge on any atom is -0.493 e. The van der Waals surface area contributed by atoms with Crippen LogP contribution in [0.1, 0.15) is 0 Å². The van der Waals surface area contributed by atoms with Gasteiger partial charge in [-0.15, -0.1) is 11.3 Å². The summed E-state index contributed by atoms with van der Waals surface area (Å²) in [6.07, 6.45) is 0. The first-order valence-electron chi connectivity index (χ1n) is 4.12. The summed E-state index contributed by atoms with van der Waals surface area (Å²) >= 11 is 7.24. The van der Waals surface area contributed by atoms with Crippen LogP contribution in [0.4, 0.5) is 16.5 Å². The lowest BCUT2D eigenvalue weighted by Gasteiger charge is -2.05. The molecule has 4 N–H and O–H groups in total. The third kappa shape index (κ3) is 2.31. The van der Waals surface area contributed by atoms with E-state index in [9.17, 15) is 0 Å². The van der Waals surface area contributed by atoms with E-state index in [0.717, 1.165) is 0 Å². The molecule has 2 rings (SSSR count). The number of hydrogen-bond donors (Lipinski definition) is 3. The molecule has 0 aliphatic carbocycles. The molecule has 4 nitrogen and oxygen atoms in total. The summed E-state index contributed by atoms with van der Waals surface area (Å²) in [6.45, 7) is 0. The molecule has 0 atom stereocenters. The van der Waals surface area contributed by atoms with Crippen molar-refractivity contribution in [2.75, 3.05) is 11.1 Å². The zero-order valence-electron chi connectivity index (χ0n) is 7.57. The molecule has 0 fully saturated rings. The fourth-order valence-corrected chi connectivity index (χ4v) is 1.83. The maximum Gasteiger partial charge on any atom is 0.223 e. The number of hydrogen-bond acceptors (Lipinski definition) is 5. The standard InChI is InChI=1S/C9H8ClN3OS/c10-6-2-1-5(11)3-7(6)12-9-13-8(14)4-15-9/h1-4,14H,11H2,(H,12,13). The fourth-order valence-electron chi connectivity index (χ4n) is 1.08. The SMILES string of the molecule is Nc1ccc(Cl)c(Nc2nc(O)cs2)c1. The van der Waals surface area contributed by atoms with E-state index in [-0.39, 0.29) is 5.88 Å². The average Bonchev–Trinajstić information content (AvgIpc) is 2.58. The Kier molecular flexibility index (Phi) is 2.66. The summed E-state index contributed by atoms with van der Waals surface area (Å²) in [6, 6.07) is 5.13. The molecule has 0 unspecified atom stereocenters. The smallest absolute Gasteiger partial charge is 0.223 e. The van der Waals surface area contributed by atoms with Gasteiger partial charge in [-0.3, -0.25) is 0 Å². The maximum atomic E-state index is 9.06. The van der Waals surface area contributed by atoms with Gasteiger partial charge in [-0.25, -0.2) is 0 Å². The first-order chi connectivity index (χ1) is 7.15. The molecule has 0 saturated heterocycles. The molecule has 0 aliphatic heterocycles. The normalized spacial score (nSPS) is 10.2. The van der Waals surface area contributed by atoms with Crippen LogP contribution in [0.5, 0.6) is 5.88 Å². The number of rotatable bonds is 2. The molecule has 1 heterocycles. The maximum absolute atomic E-state index is 9.06. The van der Waals surface area contributed by atoms with Gasteiger partial charge in [0.15, 0.2) is 5.13 Å². The van der Waals surface area contributed by atoms with Crippen LogP contribution in [0.25, 0.3) is 0 Å². The Morgan fingerprint density at radius 3 is 2.93 bits per heavy atom. The third-order valence-corrected chi connectivity index (χ3v) is 2.80. The topological polar surface area (TPSA) is 71.2 Å². The van der Waals surface area contributed by atoms with Crippen LogP contribution < -0.4 is 11.1 Å². The van der Waals surface area contributed by atoms with Crippen LogP contribution in [-0.4, -0.2) is 10.1 Å². The molecule has 0 spiro atoms. The predicted octanol–water partition coefficient (Wildman–Crippen LogP) is 2.83. The number of thiazole rings is 1. The van der Waals surface area contributed by atoms with Crippen LogP contribution in [0.15, 0.2) is 23.6 Å². The van der Waals surface area contributed by atoms with Crippen molar-refractivity contribution in [2.45, 2.75) is 0 Å². The highest BCUT2D eigenvalue weighted by Crippen LogP contribution is 2.29. The van der Waals surface area contributed by atoms with E-state index in [1.165, 1.54) is 16.7 Å². The van der Waals surface area contributed by atoms with E-state index >= 15 is 0 Å². The monoisotopic (exact) mass is 241 g/mol. The Bertz CT molecular complexity index is 486. The van der Waals surface area contributed by atoms with E-state index in [1.807, 2.05) is 0 Å². The predicted molar refractivity (Wildman–Crippen MR) is 62.9 cm³/mol. The fraction of sp³-hybridized carbons (Fsp3) is 0. The summed E-state index contributed by atoms with van der Waals surface area (Å²) in [5, 5.41) is 14.7. The molecule has 1 aromatic heterocycles.